The van der Waals surface area contributed by atoms with Crippen LogP contribution in [0, 0.1) is 17.1 Å². The molecule has 0 aromatic heterocycles. The molecule has 4 aromatic carbocycles. The molecule has 1 atom stereocenters. The number of aliphatic carboxylic acids is 1. The number of phenols is 1. The van der Waals surface area contributed by atoms with Gasteiger partial charge in [-0.2, -0.15) is 5.26 Å². The summed E-state index contributed by atoms with van der Waals surface area (Å²) in [6.07, 6.45) is 0. The van der Waals surface area contributed by atoms with E-state index in [1.165, 1.54) is 30.3 Å². The number of hydrogen-bond donors (Lipinski definition) is 3. The summed E-state index contributed by atoms with van der Waals surface area (Å²) >= 11 is 0. The molecule has 0 saturated heterocycles. The van der Waals surface area contributed by atoms with Gasteiger partial charge in [-0.25, -0.2) is 9.18 Å². The number of benzene rings is 4. The van der Waals surface area contributed by atoms with Crippen LogP contribution in [0.25, 0.3) is 0 Å². The predicted molar refractivity (Wildman–Crippen MR) is 151 cm³/mol. The van der Waals surface area contributed by atoms with Crippen LogP contribution in [0.3, 0.4) is 0 Å². The number of nitrogens with zero attached hydrogens (tertiary/aromatic N) is 1. The van der Waals surface area contributed by atoms with Crippen LogP contribution in [0.4, 0.5) is 10.1 Å². The number of hydrogen-bond acceptors (Lipinski definition) is 5. The van der Waals surface area contributed by atoms with Crippen molar-refractivity contribution in [1.29, 1.82) is 5.26 Å². The SMILES string of the molecule is CC(C)(C)[Si](Oc1cc(O)cc(C(Nc2ccc(C#N)cc2)C(=O)O)c1F)(c1ccccc1)c1ccccc1. The van der Waals surface area contributed by atoms with E-state index in [2.05, 4.69) is 5.32 Å². The molecule has 3 N–H and O–H groups in total. The third-order valence-corrected chi connectivity index (χ3v) is 11.5. The Morgan fingerprint density at radius 1 is 0.949 bits per heavy atom. The standard InChI is InChI=1S/C31H29FN2O4Si/c1-31(2,3)39(24-10-6-4-7-11-24,25-12-8-5-9-13-25)38-27-19-23(35)18-26(28(27)32)29(30(36)37)34-22-16-14-21(20-33)15-17-22/h4-19,29,34-35H,1-3H3,(H,36,37). The Labute approximate surface area is 228 Å². The smallest absolute Gasteiger partial charge is 0.330 e. The summed E-state index contributed by atoms with van der Waals surface area (Å²) in [5.41, 5.74) is 0.496. The summed E-state index contributed by atoms with van der Waals surface area (Å²) in [5.74, 6) is -2.78. The number of nitriles is 1. The molecular formula is C31H29FN2O4Si. The number of carboxylic acid groups (broad SMARTS) is 1. The number of rotatable bonds is 8. The number of nitrogens with one attached hydrogen (secondary N) is 1. The summed E-state index contributed by atoms with van der Waals surface area (Å²) < 4.78 is 23.0. The fourth-order valence-electron chi connectivity index (χ4n) is 4.78. The zero-order valence-electron chi connectivity index (χ0n) is 21.9. The molecule has 0 aliphatic carbocycles. The highest BCUT2D eigenvalue weighted by Crippen LogP contribution is 2.40. The molecule has 8 heteroatoms. The van der Waals surface area contributed by atoms with Crippen molar-refractivity contribution < 1.29 is 23.8 Å². The summed E-state index contributed by atoms with van der Waals surface area (Å²) in [6.45, 7) is 6.11. The van der Waals surface area contributed by atoms with Crippen LogP contribution in [0.15, 0.2) is 97.1 Å². The first-order valence-corrected chi connectivity index (χ1v) is 14.3. The van der Waals surface area contributed by atoms with Crippen molar-refractivity contribution in [2.45, 2.75) is 31.9 Å². The second-order valence-electron chi connectivity index (χ2n) is 10.2. The third kappa shape index (κ3) is 5.49. The van der Waals surface area contributed by atoms with Gasteiger partial charge in [0.15, 0.2) is 11.9 Å². The van der Waals surface area contributed by atoms with E-state index in [9.17, 15) is 15.0 Å². The highest BCUT2D eigenvalue weighted by Gasteiger charge is 2.52. The van der Waals surface area contributed by atoms with Gasteiger partial charge in [0, 0.05) is 17.3 Å². The van der Waals surface area contributed by atoms with E-state index in [-0.39, 0.29) is 17.1 Å². The largest absolute Gasteiger partial charge is 0.532 e. The molecule has 0 amide bonds. The highest BCUT2D eigenvalue weighted by molar-refractivity contribution is 7.00. The van der Waals surface area contributed by atoms with Gasteiger partial charge < -0.3 is 20.0 Å². The quantitative estimate of drug-likeness (QED) is 0.252. The topological polar surface area (TPSA) is 103 Å². The van der Waals surface area contributed by atoms with Crippen LogP contribution in [-0.2, 0) is 4.79 Å². The van der Waals surface area contributed by atoms with Crippen molar-refractivity contribution in [3.63, 3.8) is 0 Å². The minimum absolute atomic E-state index is 0.229. The first-order valence-electron chi connectivity index (χ1n) is 12.4. The molecule has 0 heterocycles. The van der Waals surface area contributed by atoms with Crippen molar-refractivity contribution >= 4 is 30.3 Å². The van der Waals surface area contributed by atoms with Crippen LogP contribution in [0.2, 0.25) is 5.04 Å². The van der Waals surface area contributed by atoms with Gasteiger partial charge >= 0.3 is 14.3 Å². The van der Waals surface area contributed by atoms with E-state index in [1.54, 1.807) is 0 Å². The lowest BCUT2D eigenvalue weighted by Gasteiger charge is -2.43. The minimum Gasteiger partial charge on any atom is -0.532 e. The van der Waals surface area contributed by atoms with Crippen LogP contribution < -0.4 is 20.1 Å². The van der Waals surface area contributed by atoms with Gasteiger partial charge in [-0.15, -0.1) is 0 Å². The summed E-state index contributed by atoms with van der Waals surface area (Å²) in [4.78, 5) is 12.3. The van der Waals surface area contributed by atoms with E-state index in [0.29, 0.717) is 11.3 Å². The first-order chi connectivity index (χ1) is 18.6. The van der Waals surface area contributed by atoms with Crippen molar-refractivity contribution in [1.82, 2.24) is 0 Å². The normalized spacial score (nSPS) is 12.3. The second kappa shape index (κ2) is 11.0. The highest BCUT2D eigenvalue weighted by atomic mass is 28.4. The monoisotopic (exact) mass is 540 g/mol. The zero-order chi connectivity index (χ0) is 28.2. The molecule has 0 spiro atoms. The number of phenolic OH excluding ortho intramolecular Hbond substituents is 1. The van der Waals surface area contributed by atoms with E-state index in [1.807, 2.05) is 87.5 Å². The van der Waals surface area contributed by atoms with Crippen molar-refractivity contribution in [3.05, 3.63) is 114 Å². The summed E-state index contributed by atoms with van der Waals surface area (Å²) in [5, 5.41) is 33.8. The van der Waals surface area contributed by atoms with Crippen molar-refractivity contribution in [2.24, 2.45) is 0 Å². The Morgan fingerprint density at radius 3 is 1.95 bits per heavy atom. The van der Waals surface area contributed by atoms with E-state index in [4.69, 9.17) is 9.69 Å². The predicted octanol–water partition coefficient (Wildman–Crippen LogP) is 5.58. The fraction of sp³-hybridized carbons (Fsp3) is 0.161. The lowest BCUT2D eigenvalue weighted by Crippen LogP contribution is -2.69. The van der Waals surface area contributed by atoms with E-state index in [0.717, 1.165) is 16.4 Å². The van der Waals surface area contributed by atoms with Gasteiger partial charge in [0.2, 0.25) is 0 Å². The van der Waals surface area contributed by atoms with Gasteiger partial charge in [-0.3, -0.25) is 0 Å². The van der Waals surface area contributed by atoms with E-state index >= 15 is 4.39 Å². The van der Waals surface area contributed by atoms with Gasteiger partial charge in [0.05, 0.1) is 11.6 Å². The Bertz CT molecular complexity index is 1460. The number of carboxylic acids is 1. The number of anilines is 1. The van der Waals surface area contributed by atoms with Gasteiger partial charge in [0.1, 0.15) is 11.5 Å². The molecule has 0 aliphatic rings. The molecule has 0 bridgehead atoms. The van der Waals surface area contributed by atoms with Gasteiger partial charge in [0.25, 0.3) is 0 Å². The second-order valence-corrected chi connectivity index (χ2v) is 14.4. The molecule has 198 valence electrons. The maximum Gasteiger partial charge on any atom is 0.330 e. The third-order valence-electron chi connectivity index (χ3n) is 6.61. The molecule has 6 nitrogen and oxygen atoms in total. The van der Waals surface area contributed by atoms with Crippen LogP contribution >= 0.6 is 0 Å². The molecule has 4 rings (SSSR count). The van der Waals surface area contributed by atoms with E-state index < -0.39 is 31.2 Å². The van der Waals surface area contributed by atoms with Crippen LogP contribution in [0.1, 0.15) is 37.9 Å². The van der Waals surface area contributed by atoms with Crippen LogP contribution in [-0.4, -0.2) is 24.5 Å². The molecule has 4 aromatic rings. The molecule has 0 aliphatic heterocycles. The summed E-state index contributed by atoms with van der Waals surface area (Å²) in [6, 6.07) is 28.1. The maximum atomic E-state index is 16.3. The zero-order valence-corrected chi connectivity index (χ0v) is 22.9. The molecule has 0 saturated carbocycles. The van der Waals surface area contributed by atoms with Crippen molar-refractivity contribution in [2.75, 3.05) is 5.32 Å². The Hall–Kier alpha value is -4.61. The fourth-order valence-corrected chi connectivity index (χ4v) is 9.19. The molecule has 1 unspecified atom stereocenters. The maximum absolute atomic E-state index is 16.3. The molecule has 0 radical (unpaired) electrons. The minimum atomic E-state index is -3.26. The van der Waals surface area contributed by atoms with Gasteiger partial charge in [-0.05, 0) is 45.7 Å². The number of halogens is 1. The Kier molecular flexibility index (Phi) is 7.74. The van der Waals surface area contributed by atoms with Crippen LogP contribution in [0.5, 0.6) is 11.5 Å². The number of aromatic hydroxyl groups is 1. The first kappa shape index (κ1) is 27.4. The number of carbonyl (C=O) groups is 1. The Morgan fingerprint density at radius 2 is 1.49 bits per heavy atom. The van der Waals surface area contributed by atoms with Gasteiger partial charge in [-0.1, -0.05) is 81.4 Å². The average molecular weight is 541 g/mol. The Balaban J connectivity index is 1.87. The lowest BCUT2D eigenvalue weighted by atomic mass is 10.0. The van der Waals surface area contributed by atoms with Crippen molar-refractivity contribution in [3.8, 4) is 17.6 Å². The average Bonchev–Trinajstić information content (AvgIpc) is 2.92. The molecular weight excluding hydrogens is 511 g/mol. The lowest BCUT2D eigenvalue weighted by molar-refractivity contribution is -0.138. The molecule has 39 heavy (non-hydrogen) atoms. The summed E-state index contributed by atoms with van der Waals surface area (Å²) in [7, 11) is -3.26. The molecule has 0 fully saturated rings.